The van der Waals surface area contributed by atoms with Gasteiger partial charge < -0.3 is 24.6 Å². The van der Waals surface area contributed by atoms with Gasteiger partial charge in [-0.05, 0) is 142 Å². The Bertz CT molecular complexity index is 3730. The summed E-state index contributed by atoms with van der Waals surface area (Å²) < 4.78 is 6.47. The van der Waals surface area contributed by atoms with Gasteiger partial charge in [0.05, 0.1) is 34.9 Å². The van der Waals surface area contributed by atoms with Crippen LogP contribution in [0.1, 0.15) is 52.8 Å². The summed E-state index contributed by atoms with van der Waals surface area (Å²) in [5, 5.41) is 12.9. The minimum atomic E-state index is -1.08. The fourth-order valence-electron chi connectivity index (χ4n) is 10.0. The molecule has 12 rings (SSSR count). The van der Waals surface area contributed by atoms with Gasteiger partial charge in [0.1, 0.15) is 5.75 Å². The van der Waals surface area contributed by atoms with E-state index in [1.165, 1.54) is 16.7 Å². The van der Waals surface area contributed by atoms with Crippen LogP contribution in [0.2, 0.25) is 0 Å². The number of nitrogens with one attached hydrogen (secondary N) is 1. The molecule has 10 nitrogen and oxygen atoms in total. The van der Waals surface area contributed by atoms with Gasteiger partial charge in [0.15, 0.2) is 0 Å². The minimum Gasteiger partial charge on any atom is -0.657 e. The quantitative estimate of drug-likeness (QED) is 0.0674. The summed E-state index contributed by atoms with van der Waals surface area (Å²) in [6.07, 6.45) is 16.3. The van der Waals surface area contributed by atoms with E-state index in [1.807, 2.05) is 42.5 Å². The topological polar surface area (TPSA) is 141 Å². The van der Waals surface area contributed by atoms with Crippen molar-refractivity contribution >= 4 is 52.3 Å². The van der Waals surface area contributed by atoms with Crippen molar-refractivity contribution < 1.29 is 31.7 Å². The van der Waals surface area contributed by atoms with Crippen molar-refractivity contribution in [2.45, 2.75) is 18.9 Å². The summed E-state index contributed by atoms with van der Waals surface area (Å²) in [4.78, 5) is 39.1. The molecule has 77 heavy (non-hydrogen) atoms. The molecule has 0 unspecified atom stereocenters. The predicted molar refractivity (Wildman–Crippen MR) is 302 cm³/mol. The molecule has 5 aromatic carbocycles. The monoisotopic (exact) mass is 1040 g/mol. The predicted octanol–water partition coefficient (Wildman–Crippen LogP) is 12.5. The Morgan fingerprint density at radius 1 is 0.468 bits per heavy atom. The fraction of sp³-hybridized carbons (Fsp3) is 0.0758. The number of carboxylic acids is 1. The van der Waals surface area contributed by atoms with E-state index in [-0.39, 0.29) is 17.1 Å². The van der Waals surface area contributed by atoms with E-state index in [2.05, 4.69) is 191 Å². The van der Waals surface area contributed by atoms with E-state index < -0.39 is 11.5 Å². The standard InChI is InChI=1S/C64H47N7O.C2H4O2.Mn/c1-5-14-44(15-6-1)60-52-26-28-54(68-52)61(45-22-24-51(25-23-45)72-43-13-38-67-64(48-16-7-2-8-17-48,49-18-9-3-10-19-49)50-20-11-4-12-21-50)55-29-31-57(70-55)63(47-36-41-66-42-37-47)59-33-32-58(71-59)62(46-34-39-65-40-35-46)56-30-27-53(60)69-56;1-2(3)4;/h1-12,14-37,39-42,67H,13,38,43H2;1H3,(H,3,4);/q-2;;+3/p-1. The second-order valence-corrected chi connectivity index (χ2v) is 18.2. The average Bonchev–Trinajstić information content (AvgIpc) is 4.37. The largest absolute Gasteiger partial charge is 3.00 e. The Balaban J connectivity index is 0.00000130. The van der Waals surface area contributed by atoms with Gasteiger partial charge in [0.25, 0.3) is 0 Å². The molecule has 5 aromatic heterocycles. The van der Waals surface area contributed by atoms with Crippen LogP contribution in [0.3, 0.4) is 0 Å². The number of pyridine rings is 2. The van der Waals surface area contributed by atoms with Crippen LogP contribution in [0.15, 0.2) is 219 Å². The third-order valence-electron chi connectivity index (χ3n) is 13.4. The summed E-state index contributed by atoms with van der Waals surface area (Å²) in [6, 6.07) is 67.1. The molecule has 0 spiro atoms. The number of hydrogen-bond donors (Lipinski definition) is 1. The van der Waals surface area contributed by atoms with Crippen LogP contribution < -0.4 is 25.1 Å². The maximum absolute atomic E-state index is 8.89. The van der Waals surface area contributed by atoms with Crippen LogP contribution in [0.25, 0.3) is 90.9 Å². The van der Waals surface area contributed by atoms with Gasteiger partial charge in [0.2, 0.25) is 0 Å². The number of carbonyl (C=O) groups is 1. The third kappa shape index (κ3) is 11.0. The first-order chi connectivity index (χ1) is 37.4. The number of carboxylic acid groups (broad SMARTS) is 1. The zero-order valence-corrected chi connectivity index (χ0v) is 43.2. The number of benzene rings is 5. The average molecular weight is 1040 g/mol. The molecule has 8 bridgehead atoms. The van der Waals surface area contributed by atoms with E-state index in [4.69, 9.17) is 34.6 Å². The molecule has 0 saturated heterocycles. The van der Waals surface area contributed by atoms with Gasteiger partial charge in [-0.25, -0.2) is 9.97 Å². The summed E-state index contributed by atoms with van der Waals surface area (Å²) in [6.45, 7) is 2.22. The molecule has 2 aliphatic heterocycles. The van der Waals surface area contributed by atoms with Crippen molar-refractivity contribution in [2.75, 3.05) is 13.2 Å². The van der Waals surface area contributed by atoms with Crippen molar-refractivity contribution in [3.8, 4) is 50.3 Å². The first-order valence-electron chi connectivity index (χ1n) is 25.2. The van der Waals surface area contributed by atoms with Gasteiger partial charge in [-0.1, -0.05) is 158 Å². The third-order valence-corrected chi connectivity index (χ3v) is 13.4. The van der Waals surface area contributed by atoms with Crippen molar-refractivity contribution in [1.82, 2.24) is 35.2 Å². The number of aliphatic carboxylic acids is 1. The van der Waals surface area contributed by atoms with Crippen molar-refractivity contribution in [2.24, 2.45) is 0 Å². The molecule has 0 fully saturated rings. The van der Waals surface area contributed by atoms with Crippen LogP contribution in [0.5, 0.6) is 5.75 Å². The number of nitrogens with zero attached hydrogens (tertiary/aromatic N) is 6. The van der Waals surface area contributed by atoms with Crippen molar-refractivity contribution in [1.29, 1.82) is 0 Å². The molecular formula is C66H50MnN7O3. The Morgan fingerprint density at radius 2 is 0.792 bits per heavy atom. The molecule has 0 aliphatic carbocycles. The Labute approximate surface area is 457 Å². The number of rotatable bonds is 13. The molecule has 10 aromatic rings. The molecule has 0 atom stereocenters. The van der Waals surface area contributed by atoms with Gasteiger partial charge in [-0.2, -0.15) is 0 Å². The summed E-state index contributed by atoms with van der Waals surface area (Å²) in [5.74, 6) is -0.299. The Kier molecular flexibility index (Phi) is 15.7. The summed E-state index contributed by atoms with van der Waals surface area (Å²) in [7, 11) is 0. The second-order valence-electron chi connectivity index (χ2n) is 18.2. The molecule has 374 valence electrons. The number of carbonyl (C=O) groups excluding carboxylic acids is 1. The Morgan fingerprint density at radius 3 is 1.16 bits per heavy atom. The summed E-state index contributed by atoms with van der Waals surface area (Å²) >= 11 is 0. The molecule has 2 aliphatic rings. The number of fused-ring (bicyclic) bond motifs is 8. The zero-order chi connectivity index (χ0) is 51.7. The van der Waals surface area contributed by atoms with Gasteiger partial charge in [0, 0.05) is 30.8 Å². The molecule has 7 heterocycles. The normalized spacial score (nSPS) is 11.5. The SMILES string of the molecule is C1=Cc2nc1c(-c1ccccc1)c1ccc([n-]1)c(-c1ccncc1)c1nc(c(-c3ccncc3)c3ccc([n-]3)c2-c2ccc(OCCCNC(c3ccccc3)(c3ccccc3)c3ccccc3)cc2)C=C1.CC(=O)[O-].[Mn+3]. The van der Waals surface area contributed by atoms with Crippen LogP contribution in [-0.4, -0.2) is 39.1 Å². The molecule has 0 amide bonds. The maximum Gasteiger partial charge on any atom is 3.00 e. The Hall–Kier alpha value is -9.25. The number of hydrogen-bond acceptors (Lipinski definition) is 8. The van der Waals surface area contributed by atoms with Crippen LogP contribution in [-0.2, 0) is 27.4 Å². The van der Waals surface area contributed by atoms with Gasteiger partial charge >= 0.3 is 17.1 Å². The number of ether oxygens (including phenoxy) is 1. The first kappa shape index (κ1) is 51.2. The van der Waals surface area contributed by atoms with Crippen LogP contribution in [0, 0.1) is 0 Å². The minimum absolute atomic E-state index is 0. The molecule has 0 radical (unpaired) electrons. The second kappa shape index (κ2) is 23.5. The van der Waals surface area contributed by atoms with Gasteiger partial charge in [-0.15, -0.1) is 22.1 Å². The molecule has 1 N–H and O–H groups in total. The molecular weight excluding hydrogens is 994 g/mol. The van der Waals surface area contributed by atoms with E-state index >= 15 is 0 Å². The maximum atomic E-state index is 8.89. The fourth-order valence-corrected chi connectivity index (χ4v) is 10.0. The summed E-state index contributed by atoms with van der Waals surface area (Å²) in [5.41, 5.74) is 16.9. The first-order valence-corrected chi connectivity index (χ1v) is 25.2. The molecule has 11 heteroatoms. The van der Waals surface area contributed by atoms with Crippen molar-refractivity contribution in [3.63, 3.8) is 0 Å². The van der Waals surface area contributed by atoms with Crippen LogP contribution >= 0.6 is 0 Å². The van der Waals surface area contributed by atoms with E-state index in [9.17, 15) is 0 Å². The van der Waals surface area contributed by atoms with Crippen LogP contribution in [0.4, 0.5) is 0 Å². The van der Waals surface area contributed by atoms with E-state index in [0.717, 1.165) is 115 Å². The van der Waals surface area contributed by atoms with E-state index in [1.54, 1.807) is 24.8 Å². The number of aromatic nitrogens is 6. The zero-order valence-electron chi connectivity index (χ0n) is 42.0. The van der Waals surface area contributed by atoms with Crippen molar-refractivity contribution in [3.05, 3.63) is 258 Å². The molecule has 0 saturated carbocycles. The smallest absolute Gasteiger partial charge is 0.657 e. The van der Waals surface area contributed by atoms with Gasteiger partial charge in [-0.3, -0.25) is 15.3 Å². The van der Waals surface area contributed by atoms with E-state index in [0.29, 0.717) is 6.61 Å².